The van der Waals surface area contributed by atoms with Crippen molar-refractivity contribution in [3.8, 4) is 0 Å². The van der Waals surface area contributed by atoms with E-state index < -0.39 is 24.7 Å². The lowest BCUT2D eigenvalue weighted by Crippen LogP contribution is -2.40. The Morgan fingerprint density at radius 2 is 1.78 bits per heavy atom. The molecule has 0 saturated heterocycles. The second-order valence-corrected chi connectivity index (χ2v) is 5.77. The van der Waals surface area contributed by atoms with Gasteiger partial charge in [-0.2, -0.15) is 0 Å². The highest BCUT2D eigenvalue weighted by Crippen LogP contribution is 2.42. The summed E-state index contributed by atoms with van der Waals surface area (Å²) in [4.78, 5) is 0. The van der Waals surface area contributed by atoms with Crippen LogP contribution in [0.4, 0.5) is 17.6 Å². The maximum absolute atomic E-state index is 13.7. The Hall–Kier alpha value is -0.540. The maximum atomic E-state index is 13.7. The average molecular weight is 264 g/mol. The first-order chi connectivity index (χ1) is 8.49. The van der Waals surface area contributed by atoms with Crippen LogP contribution >= 0.6 is 0 Å². The molecule has 2 aliphatic rings. The molecule has 0 nitrogen and oxygen atoms in total. The Morgan fingerprint density at radius 3 is 2.22 bits per heavy atom. The largest absolute Gasteiger partial charge is 0.247 e. The lowest BCUT2D eigenvalue weighted by molar-refractivity contribution is -0.0491. The molecule has 0 heterocycles. The molecule has 18 heavy (non-hydrogen) atoms. The predicted octanol–water partition coefficient (Wildman–Crippen LogP) is 4.70. The van der Waals surface area contributed by atoms with E-state index in [0.29, 0.717) is 5.92 Å². The van der Waals surface area contributed by atoms with E-state index >= 15 is 0 Å². The van der Waals surface area contributed by atoms with E-state index in [9.17, 15) is 17.6 Å². The highest BCUT2D eigenvalue weighted by atomic mass is 19.3. The van der Waals surface area contributed by atoms with Crippen molar-refractivity contribution in [3.63, 3.8) is 0 Å². The molecule has 0 bridgehead atoms. The zero-order valence-corrected chi connectivity index (χ0v) is 10.6. The second-order valence-electron chi connectivity index (χ2n) is 5.77. The lowest BCUT2D eigenvalue weighted by atomic mass is 9.73. The summed E-state index contributed by atoms with van der Waals surface area (Å²) >= 11 is 0. The summed E-state index contributed by atoms with van der Waals surface area (Å²) in [5.74, 6) is -1.27. The first-order valence-corrected chi connectivity index (χ1v) is 6.74. The molecule has 1 saturated carbocycles. The van der Waals surface area contributed by atoms with Crippen molar-refractivity contribution in [2.24, 2.45) is 17.8 Å². The quantitative estimate of drug-likeness (QED) is 0.501. The average Bonchev–Trinajstić information content (AvgIpc) is 2.28. The third-order valence-corrected chi connectivity index (χ3v) is 4.38. The maximum Gasteiger partial charge on any atom is 0.247 e. The zero-order valence-electron chi connectivity index (χ0n) is 10.6. The van der Waals surface area contributed by atoms with Crippen LogP contribution in [-0.4, -0.2) is 18.8 Å². The van der Waals surface area contributed by atoms with Crippen molar-refractivity contribution in [1.82, 2.24) is 0 Å². The van der Waals surface area contributed by atoms with Gasteiger partial charge in [0.15, 0.2) is 0 Å². The molecule has 3 atom stereocenters. The molecule has 0 aromatic rings. The van der Waals surface area contributed by atoms with Crippen LogP contribution in [0.3, 0.4) is 0 Å². The van der Waals surface area contributed by atoms with Gasteiger partial charge in [-0.1, -0.05) is 18.6 Å². The molecule has 0 aromatic carbocycles. The van der Waals surface area contributed by atoms with Gasteiger partial charge in [0, 0.05) is 0 Å². The highest BCUT2D eigenvalue weighted by Gasteiger charge is 2.44. The topological polar surface area (TPSA) is 0 Å². The Morgan fingerprint density at radius 1 is 1.17 bits per heavy atom. The molecule has 104 valence electrons. The van der Waals surface area contributed by atoms with E-state index in [1.54, 1.807) is 0 Å². The zero-order chi connectivity index (χ0) is 13.3. The molecular weight excluding hydrogens is 244 g/mol. The van der Waals surface area contributed by atoms with Gasteiger partial charge in [-0.05, 0) is 43.9 Å². The number of halogens is 4. The van der Waals surface area contributed by atoms with Crippen molar-refractivity contribution in [3.05, 3.63) is 11.6 Å². The van der Waals surface area contributed by atoms with Crippen LogP contribution in [0.5, 0.6) is 0 Å². The van der Waals surface area contributed by atoms with Gasteiger partial charge in [0.2, 0.25) is 6.43 Å². The van der Waals surface area contributed by atoms with E-state index in [1.165, 1.54) is 0 Å². The number of hydrogen-bond acceptors (Lipinski definition) is 0. The van der Waals surface area contributed by atoms with Gasteiger partial charge in [0.05, 0.1) is 5.92 Å². The molecule has 4 heteroatoms. The molecule has 0 aliphatic heterocycles. The third kappa shape index (κ3) is 2.89. The van der Waals surface area contributed by atoms with Crippen LogP contribution in [0, 0.1) is 17.8 Å². The summed E-state index contributed by atoms with van der Waals surface area (Å²) in [6.45, 7) is 2.15. The van der Waals surface area contributed by atoms with Crippen LogP contribution in [-0.2, 0) is 0 Å². The van der Waals surface area contributed by atoms with Gasteiger partial charge < -0.3 is 0 Å². The predicted molar refractivity (Wildman–Crippen MR) is 63.1 cm³/mol. The molecule has 0 radical (unpaired) electrons. The smallest absolute Gasteiger partial charge is 0.247 e. The summed E-state index contributed by atoms with van der Waals surface area (Å²) in [6.07, 6.45) is -1.27. The molecule has 0 N–H and O–H groups in total. The molecule has 2 aliphatic carbocycles. The minimum Gasteiger partial charge on any atom is -0.247 e. The summed E-state index contributed by atoms with van der Waals surface area (Å²) in [6, 6.07) is 0. The highest BCUT2D eigenvalue weighted by molar-refractivity contribution is 5.13. The van der Waals surface area contributed by atoms with Gasteiger partial charge in [-0.3, -0.25) is 0 Å². The van der Waals surface area contributed by atoms with Crippen LogP contribution in [0.15, 0.2) is 11.6 Å². The normalized spacial score (nSPS) is 41.9. The van der Waals surface area contributed by atoms with Gasteiger partial charge >= 0.3 is 0 Å². The van der Waals surface area contributed by atoms with Gasteiger partial charge in [-0.25, -0.2) is 17.6 Å². The van der Waals surface area contributed by atoms with Crippen molar-refractivity contribution < 1.29 is 17.6 Å². The summed E-state index contributed by atoms with van der Waals surface area (Å²) in [5.41, 5.74) is 1.09. The molecule has 0 spiro atoms. The van der Waals surface area contributed by atoms with Gasteiger partial charge in [-0.15, -0.1) is 0 Å². The molecule has 2 rings (SSSR count). The first-order valence-electron chi connectivity index (χ1n) is 6.74. The number of alkyl halides is 4. The minimum absolute atomic E-state index is 0.0651. The SMILES string of the molecule is C[C@H]1CC=C(C2CC(F)C(C(F)F)C(F)C2)CC1. The summed E-state index contributed by atoms with van der Waals surface area (Å²) < 4.78 is 52.5. The lowest BCUT2D eigenvalue weighted by Gasteiger charge is -2.36. The molecule has 2 unspecified atom stereocenters. The van der Waals surface area contributed by atoms with Crippen LogP contribution < -0.4 is 0 Å². The number of hydrogen-bond donors (Lipinski definition) is 0. The van der Waals surface area contributed by atoms with E-state index in [0.717, 1.165) is 24.8 Å². The first kappa shape index (κ1) is 13.9. The minimum atomic E-state index is -2.89. The Balaban J connectivity index is 2.02. The van der Waals surface area contributed by atoms with Crippen LogP contribution in [0.2, 0.25) is 0 Å². The van der Waals surface area contributed by atoms with Crippen molar-refractivity contribution in [2.75, 3.05) is 0 Å². The number of rotatable bonds is 2. The molecule has 0 aromatic heterocycles. The van der Waals surface area contributed by atoms with Gasteiger partial charge in [0.1, 0.15) is 12.3 Å². The Bertz CT molecular complexity index is 301. The second kappa shape index (κ2) is 5.62. The van der Waals surface area contributed by atoms with Crippen molar-refractivity contribution in [1.29, 1.82) is 0 Å². The molecule has 1 fully saturated rings. The third-order valence-electron chi connectivity index (χ3n) is 4.38. The van der Waals surface area contributed by atoms with E-state index in [1.807, 2.05) is 0 Å². The Labute approximate surface area is 105 Å². The Kier molecular flexibility index (Phi) is 4.33. The summed E-state index contributed by atoms with van der Waals surface area (Å²) in [7, 11) is 0. The van der Waals surface area contributed by atoms with Crippen LogP contribution in [0.1, 0.15) is 39.0 Å². The van der Waals surface area contributed by atoms with E-state index in [4.69, 9.17) is 0 Å². The monoisotopic (exact) mass is 264 g/mol. The summed E-state index contributed by atoms with van der Waals surface area (Å²) in [5, 5.41) is 0. The molecule has 0 amide bonds. The van der Waals surface area contributed by atoms with Crippen LogP contribution in [0.25, 0.3) is 0 Å². The van der Waals surface area contributed by atoms with E-state index in [2.05, 4.69) is 13.0 Å². The fourth-order valence-corrected chi connectivity index (χ4v) is 3.16. The number of allylic oxidation sites excluding steroid dienone is 2. The van der Waals surface area contributed by atoms with Gasteiger partial charge in [0.25, 0.3) is 0 Å². The standard InChI is InChI=1S/C14H20F4/c1-8-2-4-9(5-3-8)10-6-11(15)13(14(17)18)12(16)7-10/h4,8,10-14H,2-3,5-7H2,1H3/t8-,10?,11?,12?,13?/m0/s1. The molecular formula is C14H20F4. The fourth-order valence-electron chi connectivity index (χ4n) is 3.16. The van der Waals surface area contributed by atoms with E-state index in [-0.39, 0.29) is 18.8 Å². The fraction of sp³-hybridized carbons (Fsp3) is 0.857. The van der Waals surface area contributed by atoms with Crippen molar-refractivity contribution >= 4 is 0 Å². The van der Waals surface area contributed by atoms with Crippen molar-refractivity contribution in [2.45, 2.75) is 57.8 Å².